The van der Waals surface area contributed by atoms with Gasteiger partial charge >= 0.3 is 0 Å². The summed E-state index contributed by atoms with van der Waals surface area (Å²) >= 11 is 2.84. The Morgan fingerprint density at radius 2 is 1.78 bits per heavy atom. The number of benzene rings is 1. The van der Waals surface area contributed by atoms with E-state index in [1.807, 2.05) is 38.3 Å². The fourth-order valence-corrected chi connectivity index (χ4v) is 4.32. The van der Waals surface area contributed by atoms with E-state index in [9.17, 15) is 4.79 Å². The minimum absolute atomic E-state index is 0.0125. The van der Waals surface area contributed by atoms with Crippen molar-refractivity contribution in [3.63, 3.8) is 0 Å². The molecule has 0 aliphatic heterocycles. The van der Waals surface area contributed by atoms with E-state index in [0.29, 0.717) is 60.3 Å². The average molecular weight is 478 g/mol. The van der Waals surface area contributed by atoms with Gasteiger partial charge < -0.3 is 23.5 Å². The highest BCUT2D eigenvalue weighted by molar-refractivity contribution is 7.99. The van der Waals surface area contributed by atoms with Crippen molar-refractivity contribution in [3.8, 4) is 28.7 Å². The maximum absolute atomic E-state index is 12.4. The zero-order valence-corrected chi connectivity index (χ0v) is 20.3. The van der Waals surface area contributed by atoms with Gasteiger partial charge in [-0.25, -0.2) is 0 Å². The molecule has 0 aliphatic carbocycles. The molecule has 10 heteroatoms. The van der Waals surface area contributed by atoms with Gasteiger partial charge in [0.25, 0.3) is 5.22 Å². The number of hydrogen-bond donors (Lipinski definition) is 0. The fraction of sp³-hybridized carbons (Fsp3) is 0.409. The van der Waals surface area contributed by atoms with E-state index in [0.717, 1.165) is 4.88 Å². The Morgan fingerprint density at radius 1 is 1.09 bits per heavy atom. The van der Waals surface area contributed by atoms with E-state index in [1.54, 1.807) is 35.4 Å². The fourth-order valence-electron chi connectivity index (χ4n) is 2.86. The summed E-state index contributed by atoms with van der Waals surface area (Å²) in [6.07, 6.45) is 0. The van der Waals surface area contributed by atoms with Gasteiger partial charge in [-0.05, 0) is 44.4 Å². The van der Waals surface area contributed by atoms with Crippen LogP contribution in [0.4, 0.5) is 0 Å². The van der Waals surface area contributed by atoms with Crippen LogP contribution in [0.2, 0.25) is 0 Å². The summed E-state index contributed by atoms with van der Waals surface area (Å²) in [5.74, 6) is 2.16. The van der Waals surface area contributed by atoms with Gasteiger partial charge in [0.05, 0.1) is 32.1 Å². The van der Waals surface area contributed by atoms with Crippen LogP contribution in [0, 0.1) is 0 Å². The van der Waals surface area contributed by atoms with Crippen molar-refractivity contribution in [2.45, 2.75) is 32.5 Å². The number of nitrogens with zero attached hydrogens (tertiary/aromatic N) is 3. The number of amides is 1. The van der Waals surface area contributed by atoms with Crippen LogP contribution in [-0.4, -0.2) is 53.6 Å². The maximum Gasteiger partial charge on any atom is 0.277 e. The molecule has 1 aromatic carbocycles. The minimum Gasteiger partial charge on any atom is -0.490 e. The molecule has 0 fully saturated rings. The molecule has 0 unspecified atom stereocenters. The van der Waals surface area contributed by atoms with Gasteiger partial charge in [-0.15, -0.1) is 21.5 Å². The number of ether oxygens (including phenoxy) is 3. The molecular weight excluding hydrogens is 450 g/mol. The van der Waals surface area contributed by atoms with Gasteiger partial charge in [0.15, 0.2) is 11.5 Å². The average Bonchev–Trinajstić information content (AvgIpc) is 3.46. The number of thioether (sulfide) groups is 1. The highest BCUT2D eigenvalue weighted by Crippen LogP contribution is 2.42. The normalized spacial score (nSPS) is 10.8. The number of rotatable bonds is 12. The molecule has 0 saturated carbocycles. The Balaban J connectivity index is 1.71. The van der Waals surface area contributed by atoms with Crippen LogP contribution in [0.5, 0.6) is 17.2 Å². The molecule has 2 heterocycles. The van der Waals surface area contributed by atoms with Crippen molar-refractivity contribution in [1.29, 1.82) is 0 Å². The maximum atomic E-state index is 12.4. The Hall–Kier alpha value is -2.72. The number of thiophene rings is 1. The van der Waals surface area contributed by atoms with Gasteiger partial charge in [0, 0.05) is 17.5 Å². The standard InChI is InChI=1S/C22H27N3O5S2/c1-5-27-17-11-15(12-18(28-6-2)20(17)29-7-3)21-23-24-22(30-21)32-14-19(26)25(4)13-16-9-8-10-31-16/h8-12H,5-7,13-14H2,1-4H3. The van der Waals surface area contributed by atoms with Gasteiger partial charge in [-0.3, -0.25) is 4.79 Å². The molecule has 3 rings (SSSR count). The molecule has 8 nitrogen and oxygen atoms in total. The molecule has 172 valence electrons. The molecule has 32 heavy (non-hydrogen) atoms. The first-order valence-corrected chi connectivity index (χ1v) is 12.2. The van der Waals surface area contributed by atoms with Crippen LogP contribution in [-0.2, 0) is 11.3 Å². The largest absolute Gasteiger partial charge is 0.490 e. The Bertz CT molecular complexity index is 980. The second kappa shape index (κ2) is 11.8. The summed E-state index contributed by atoms with van der Waals surface area (Å²) in [4.78, 5) is 15.2. The number of hydrogen-bond acceptors (Lipinski definition) is 9. The van der Waals surface area contributed by atoms with E-state index in [4.69, 9.17) is 18.6 Å². The van der Waals surface area contributed by atoms with Gasteiger partial charge in [-0.1, -0.05) is 17.8 Å². The topological polar surface area (TPSA) is 86.9 Å². The summed E-state index contributed by atoms with van der Waals surface area (Å²) in [6, 6.07) is 7.56. The predicted octanol–water partition coefficient (Wildman–Crippen LogP) is 4.74. The van der Waals surface area contributed by atoms with E-state index in [-0.39, 0.29) is 11.7 Å². The first-order chi connectivity index (χ1) is 15.5. The van der Waals surface area contributed by atoms with E-state index in [1.165, 1.54) is 11.8 Å². The molecule has 2 aromatic heterocycles. The predicted molar refractivity (Wildman–Crippen MR) is 125 cm³/mol. The minimum atomic E-state index is -0.0125. The molecule has 0 radical (unpaired) electrons. The summed E-state index contributed by atoms with van der Waals surface area (Å²) in [7, 11) is 1.78. The lowest BCUT2D eigenvalue weighted by molar-refractivity contribution is -0.127. The smallest absolute Gasteiger partial charge is 0.277 e. The van der Waals surface area contributed by atoms with Crippen molar-refractivity contribution in [3.05, 3.63) is 34.5 Å². The first-order valence-electron chi connectivity index (χ1n) is 10.3. The third-order valence-corrected chi connectivity index (χ3v) is 5.94. The van der Waals surface area contributed by atoms with Crippen LogP contribution in [0.1, 0.15) is 25.6 Å². The molecule has 0 aliphatic rings. The second-order valence-electron chi connectivity index (χ2n) is 6.59. The molecule has 0 N–H and O–H groups in total. The summed E-state index contributed by atoms with van der Waals surface area (Å²) in [6.45, 7) is 7.71. The van der Waals surface area contributed by atoms with Crippen LogP contribution in [0.3, 0.4) is 0 Å². The van der Waals surface area contributed by atoms with Crippen LogP contribution < -0.4 is 14.2 Å². The Kier molecular flexibility index (Phi) is 8.81. The summed E-state index contributed by atoms with van der Waals surface area (Å²) in [5.41, 5.74) is 0.654. The molecule has 1 amide bonds. The Labute approximate surface area is 195 Å². The van der Waals surface area contributed by atoms with Crippen molar-refractivity contribution in [2.75, 3.05) is 32.6 Å². The van der Waals surface area contributed by atoms with E-state index < -0.39 is 0 Å². The van der Waals surface area contributed by atoms with Crippen molar-refractivity contribution < 1.29 is 23.4 Å². The monoisotopic (exact) mass is 477 g/mol. The molecule has 0 spiro atoms. The van der Waals surface area contributed by atoms with Crippen molar-refractivity contribution in [1.82, 2.24) is 15.1 Å². The Morgan fingerprint density at radius 3 is 2.38 bits per heavy atom. The van der Waals surface area contributed by atoms with Crippen LogP contribution >= 0.6 is 23.1 Å². The quantitative estimate of drug-likeness (QED) is 0.346. The highest BCUT2D eigenvalue weighted by atomic mass is 32.2. The lowest BCUT2D eigenvalue weighted by Gasteiger charge is -2.16. The number of carbonyl (C=O) groups excluding carboxylic acids is 1. The lowest BCUT2D eigenvalue weighted by Crippen LogP contribution is -2.27. The first kappa shape index (κ1) is 23.9. The highest BCUT2D eigenvalue weighted by Gasteiger charge is 2.19. The number of carbonyl (C=O) groups is 1. The molecule has 3 aromatic rings. The van der Waals surface area contributed by atoms with Gasteiger partial charge in [-0.2, -0.15) is 0 Å². The summed E-state index contributed by atoms with van der Waals surface area (Å²) in [5, 5.41) is 10.5. The second-order valence-corrected chi connectivity index (χ2v) is 8.55. The van der Waals surface area contributed by atoms with Gasteiger partial charge in [0.2, 0.25) is 17.5 Å². The van der Waals surface area contributed by atoms with Crippen LogP contribution in [0.15, 0.2) is 39.3 Å². The van der Waals surface area contributed by atoms with Crippen molar-refractivity contribution in [2.24, 2.45) is 0 Å². The van der Waals surface area contributed by atoms with Crippen LogP contribution in [0.25, 0.3) is 11.5 Å². The molecule has 0 saturated heterocycles. The third-order valence-electron chi connectivity index (χ3n) is 4.28. The van der Waals surface area contributed by atoms with E-state index in [2.05, 4.69) is 10.2 Å². The lowest BCUT2D eigenvalue weighted by atomic mass is 10.2. The molecular formula is C22H27N3O5S2. The zero-order chi connectivity index (χ0) is 22.9. The number of aromatic nitrogens is 2. The van der Waals surface area contributed by atoms with Gasteiger partial charge in [0.1, 0.15) is 0 Å². The van der Waals surface area contributed by atoms with Crippen molar-refractivity contribution >= 4 is 29.0 Å². The zero-order valence-electron chi connectivity index (χ0n) is 18.6. The van der Waals surface area contributed by atoms with E-state index >= 15 is 0 Å². The summed E-state index contributed by atoms with van der Waals surface area (Å²) < 4.78 is 23.0. The third kappa shape index (κ3) is 6.17. The SMILES string of the molecule is CCOc1cc(-c2nnc(SCC(=O)N(C)Cc3cccs3)o2)cc(OCC)c1OCC. The molecule has 0 atom stereocenters. The molecule has 0 bridgehead atoms.